The molecule has 0 amide bonds. The number of nitro benzene ring substituents is 1. The number of benzene rings is 1. The largest absolute Gasteiger partial charge is 0.465 e. The van der Waals surface area contributed by atoms with Gasteiger partial charge < -0.3 is 4.74 Å². The Bertz CT molecular complexity index is 449. The van der Waals surface area contributed by atoms with Crippen molar-refractivity contribution in [3.05, 3.63) is 38.4 Å². The number of alkyl halides is 1. The van der Waals surface area contributed by atoms with E-state index in [1.165, 1.54) is 13.2 Å². The number of hydrogen-bond acceptors (Lipinski definition) is 4. The topological polar surface area (TPSA) is 69.4 Å². The maximum Gasteiger partial charge on any atom is 0.338 e. The molecule has 86 valence electrons. The molecule has 0 unspecified atom stereocenters. The molecule has 16 heavy (non-hydrogen) atoms. The molecule has 0 bridgehead atoms. The van der Waals surface area contributed by atoms with E-state index in [0.29, 0.717) is 10.9 Å². The molecule has 5 nitrogen and oxygen atoms in total. The van der Waals surface area contributed by atoms with E-state index in [2.05, 4.69) is 20.7 Å². The predicted molar refractivity (Wildman–Crippen MR) is 62.1 cm³/mol. The number of rotatable bonds is 3. The number of halogens is 2. The lowest BCUT2D eigenvalue weighted by molar-refractivity contribution is -0.384. The van der Waals surface area contributed by atoms with E-state index in [9.17, 15) is 14.9 Å². The molecule has 0 aliphatic carbocycles. The lowest BCUT2D eigenvalue weighted by atomic mass is 10.1. The maximum absolute atomic E-state index is 11.3. The van der Waals surface area contributed by atoms with Gasteiger partial charge in [-0.25, -0.2) is 4.79 Å². The summed E-state index contributed by atoms with van der Waals surface area (Å²) in [5.41, 5.74) is 0.267. The third-order valence-electron chi connectivity index (χ3n) is 1.89. The first-order valence-corrected chi connectivity index (χ1v) is 5.62. The van der Waals surface area contributed by atoms with Gasteiger partial charge in [0, 0.05) is 11.4 Å². The van der Waals surface area contributed by atoms with Crippen molar-refractivity contribution >= 4 is 39.2 Å². The molecule has 0 saturated heterocycles. The number of carbonyl (C=O) groups is 1. The van der Waals surface area contributed by atoms with Crippen molar-refractivity contribution in [1.82, 2.24) is 0 Å². The van der Waals surface area contributed by atoms with Gasteiger partial charge in [0.05, 0.1) is 17.6 Å². The Morgan fingerprint density at radius 2 is 2.25 bits per heavy atom. The van der Waals surface area contributed by atoms with Crippen LogP contribution in [0.25, 0.3) is 0 Å². The quantitative estimate of drug-likeness (QED) is 0.372. The molecule has 1 aromatic rings. The first-order chi connectivity index (χ1) is 7.51. The average Bonchev–Trinajstić information content (AvgIpc) is 2.27. The molecule has 0 fully saturated rings. The van der Waals surface area contributed by atoms with Crippen molar-refractivity contribution in [2.75, 3.05) is 7.11 Å². The van der Waals surface area contributed by atoms with Crippen LogP contribution < -0.4 is 0 Å². The molecule has 0 spiro atoms. The molecule has 0 heterocycles. The summed E-state index contributed by atoms with van der Waals surface area (Å²) in [7, 11) is 1.20. The lowest BCUT2D eigenvalue weighted by Gasteiger charge is -2.05. The second kappa shape index (κ2) is 5.27. The highest BCUT2D eigenvalue weighted by Gasteiger charge is 2.20. The van der Waals surface area contributed by atoms with Crippen molar-refractivity contribution in [2.45, 2.75) is 5.33 Å². The Labute approximate surface area is 105 Å². The van der Waals surface area contributed by atoms with Crippen LogP contribution in [0.15, 0.2) is 12.1 Å². The smallest absolute Gasteiger partial charge is 0.338 e. The molecule has 1 aromatic carbocycles. The zero-order valence-corrected chi connectivity index (χ0v) is 10.5. The van der Waals surface area contributed by atoms with E-state index in [4.69, 9.17) is 11.6 Å². The van der Waals surface area contributed by atoms with Gasteiger partial charge in [-0.05, 0) is 11.6 Å². The molecule has 1 rings (SSSR count). The van der Waals surface area contributed by atoms with E-state index in [1.807, 2.05) is 0 Å². The van der Waals surface area contributed by atoms with Crippen molar-refractivity contribution in [3.63, 3.8) is 0 Å². The summed E-state index contributed by atoms with van der Waals surface area (Å²) in [4.78, 5) is 21.3. The Morgan fingerprint density at radius 1 is 1.62 bits per heavy atom. The number of nitro groups is 1. The molecule has 0 saturated carbocycles. The molecule has 0 atom stereocenters. The third kappa shape index (κ3) is 2.51. The van der Waals surface area contributed by atoms with E-state index in [1.54, 1.807) is 0 Å². The number of methoxy groups -OCH3 is 1. The summed E-state index contributed by atoms with van der Waals surface area (Å²) in [5, 5.41) is 11.0. The van der Waals surface area contributed by atoms with E-state index in [0.717, 1.165) is 6.07 Å². The Hall–Kier alpha value is -1.14. The van der Waals surface area contributed by atoms with Crippen LogP contribution in [0.1, 0.15) is 15.9 Å². The Morgan fingerprint density at radius 3 is 2.69 bits per heavy atom. The predicted octanol–water partition coefficient (Wildman–Crippen LogP) is 2.93. The summed E-state index contributed by atoms with van der Waals surface area (Å²) in [6.07, 6.45) is 0. The second-order valence-corrected chi connectivity index (χ2v) is 3.79. The van der Waals surface area contributed by atoms with Crippen LogP contribution >= 0.6 is 27.5 Å². The Balaban J connectivity index is 3.40. The zero-order valence-electron chi connectivity index (χ0n) is 8.20. The van der Waals surface area contributed by atoms with Gasteiger partial charge in [-0.15, -0.1) is 0 Å². The summed E-state index contributed by atoms with van der Waals surface area (Å²) >= 11 is 8.94. The van der Waals surface area contributed by atoms with Crippen molar-refractivity contribution in [1.29, 1.82) is 0 Å². The van der Waals surface area contributed by atoms with Gasteiger partial charge in [-0.2, -0.15) is 0 Å². The van der Waals surface area contributed by atoms with Crippen LogP contribution in [0.3, 0.4) is 0 Å². The summed E-state index contributed by atoms with van der Waals surface area (Å²) in [5.74, 6) is -0.637. The molecule has 0 N–H and O–H groups in total. The van der Waals surface area contributed by atoms with Gasteiger partial charge in [0.25, 0.3) is 5.69 Å². The van der Waals surface area contributed by atoms with Gasteiger partial charge in [0.1, 0.15) is 5.02 Å². The van der Waals surface area contributed by atoms with Crippen LogP contribution in [-0.4, -0.2) is 18.0 Å². The van der Waals surface area contributed by atoms with E-state index >= 15 is 0 Å². The van der Waals surface area contributed by atoms with Crippen molar-refractivity contribution in [3.8, 4) is 0 Å². The highest BCUT2D eigenvalue weighted by atomic mass is 79.9. The van der Waals surface area contributed by atoms with Crippen LogP contribution in [0, 0.1) is 10.1 Å². The molecule has 0 radical (unpaired) electrons. The second-order valence-electron chi connectivity index (χ2n) is 2.85. The maximum atomic E-state index is 11.3. The van der Waals surface area contributed by atoms with Gasteiger partial charge in [0.15, 0.2) is 0 Å². The molecule has 7 heteroatoms. The minimum Gasteiger partial charge on any atom is -0.465 e. The van der Waals surface area contributed by atoms with Gasteiger partial charge in [-0.3, -0.25) is 10.1 Å². The first-order valence-electron chi connectivity index (χ1n) is 4.12. The summed E-state index contributed by atoms with van der Waals surface area (Å²) < 4.78 is 4.49. The molecule has 0 aliphatic heterocycles. The fourth-order valence-corrected chi connectivity index (χ4v) is 1.98. The SMILES string of the molecule is COC(=O)c1cc(CBr)c(Cl)c([N+](=O)[O-])c1. The fourth-order valence-electron chi connectivity index (χ4n) is 1.13. The van der Waals surface area contributed by atoms with Crippen molar-refractivity contribution < 1.29 is 14.5 Å². The molecular weight excluding hydrogens is 301 g/mol. The number of ether oxygens (including phenoxy) is 1. The number of carbonyl (C=O) groups excluding carboxylic acids is 1. The first kappa shape index (κ1) is 12.9. The van der Waals surface area contributed by atoms with Gasteiger partial charge >= 0.3 is 5.97 Å². The number of hydrogen-bond donors (Lipinski definition) is 0. The van der Waals surface area contributed by atoms with Gasteiger partial charge in [-0.1, -0.05) is 27.5 Å². The lowest BCUT2D eigenvalue weighted by Crippen LogP contribution is -2.04. The molecular formula is C9H7BrClNO4. The molecule has 0 aliphatic rings. The minimum atomic E-state index is -0.638. The Kier molecular flexibility index (Phi) is 4.26. The van der Waals surface area contributed by atoms with Crippen molar-refractivity contribution in [2.24, 2.45) is 0 Å². The van der Waals surface area contributed by atoms with Crippen LogP contribution in [0.4, 0.5) is 5.69 Å². The van der Waals surface area contributed by atoms with E-state index < -0.39 is 10.9 Å². The highest BCUT2D eigenvalue weighted by molar-refractivity contribution is 9.08. The fraction of sp³-hybridized carbons (Fsp3) is 0.222. The molecule has 0 aromatic heterocycles. The van der Waals surface area contributed by atoms with Gasteiger partial charge in [0.2, 0.25) is 0 Å². The zero-order chi connectivity index (χ0) is 12.3. The summed E-state index contributed by atoms with van der Waals surface area (Å²) in [6.45, 7) is 0. The number of nitrogens with zero attached hydrogens (tertiary/aromatic N) is 1. The monoisotopic (exact) mass is 307 g/mol. The summed E-state index contributed by atoms with van der Waals surface area (Å²) in [6, 6.07) is 2.55. The van der Waals surface area contributed by atoms with Crippen LogP contribution in [0.2, 0.25) is 5.02 Å². The minimum absolute atomic E-state index is 0.0227. The highest BCUT2D eigenvalue weighted by Crippen LogP contribution is 2.31. The van der Waals surface area contributed by atoms with Crippen LogP contribution in [-0.2, 0) is 10.1 Å². The third-order valence-corrected chi connectivity index (χ3v) is 2.93. The standard InChI is InChI=1S/C9H7BrClNO4/c1-16-9(13)5-2-6(4-10)8(11)7(3-5)12(14)15/h2-3H,4H2,1H3. The number of esters is 1. The van der Waals surface area contributed by atoms with Crippen LogP contribution in [0.5, 0.6) is 0 Å². The normalized spacial score (nSPS) is 9.94. The van der Waals surface area contributed by atoms with E-state index in [-0.39, 0.29) is 16.3 Å². The average molecular weight is 309 g/mol.